The van der Waals surface area contributed by atoms with E-state index < -0.39 is 17.5 Å². The van der Waals surface area contributed by atoms with Crippen LogP contribution in [0, 0.1) is 11.6 Å². The second kappa shape index (κ2) is 13.9. The number of aromatic nitrogens is 1. The third-order valence-corrected chi connectivity index (χ3v) is 6.62. The molecule has 12 heteroatoms. The molecule has 0 unspecified atom stereocenters. The Morgan fingerprint density at radius 1 is 1.08 bits per heavy atom. The van der Waals surface area contributed by atoms with Gasteiger partial charge < -0.3 is 18.9 Å². The van der Waals surface area contributed by atoms with Crippen molar-refractivity contribution in [2.75, 3.05) is 31.4 Å². The molecular weight excluding hydrogens is 526 g/mol. The maximum absolute atomic E-state index is 13.6. The van der Waals surface area contributed by atoms with Crippen LogP contribution >= 0.6 is 23.1 Å². The minimum Gasteiger partial charge on any atom is -0.488 e. The second-order valence-corrected chi connectivity index (χ2v) is 10.1. The van der Waals surface area contributed by atoms with Crippen molar-refractivity contribution in [2.24, 2.45) is 0 Å². The average molecular weight is 553 g/mol. The van der Waals surface area contributed by atoms with E-state index in [-0.39, 0.29) is 35.6 Å². The van der Waals surface area contributed by atoms with Gasteiger partial charge in [-0.1, -0.05) is 11.3 Å². The number of thioether (sulfide) groups is 1. The fourth-order valence-electron chi connectivity index (χ4n) is 3.08. The molecule has 1 amide bonds. The molecule has 0 aliphatic heterocycles. The summed E-state index contributed by atoms with van der Waals surface area (Å²) in [5.41, 5.74) is 0.181. The first-order valence-electron chi connectivity index (χ1n) is 11.3. The van der Waals surface area contributed by atoms with E-state index in [1.165, 1.54) is 48.4 Å². The number of hydrogen-bond donors (Lipinski definition) is 1. The average Bonchev–Trinajstić information content (AvgIpc) is 3.25. The van der Waals surface area contributed by atoms with Crippen molar-refractivity contribution in [1.29, 1.82) is 0 Å². The Labute approximate surface area is 221 Å². The maximum atomic E-state index is 13.6. The standard InChI is InChI=1S/C25H26F2N2O6S2/c1-4-33-22(30)5-6-36-23-13-28-25(37-23)29-24(31)16-7-19(34-15(2)14-32-3)12-20(8-16)35-21-10-17(26)9-18(27)11-21/h7-13,15H,4-6,14H2,1-3H3,(H,28,29,31)/t15-/m0/s1. The highest BCUT2D eigenvalue weighted by atomic mass is 32.2. The molecule has 8 nitrogen and oxygen atoms in total. The normalized spacial score (nSPS) is 11.6. The molecule has 3 rings (SSSR count). The van der Waals surface area contributed by atoms with Crippen LogP contribution in [0.5, 0.6) is 17.2 Å². The summed E-state index contributed by atoms with van der Waals surface area (Å²) in [7, 11) is 1.54. The highest BCUT2D eigenvalue weighted by Gasteiger charge is 2.16. The number of nitrogens with one attached hydrogen (secondary N) is 1. The van der Waals surface area contributed by atoms with E-state index in [0.29, 0.717) is 29.8 Å². The number of nitrogens with zero attached hydrogens (tertiary/aromatic N) is 1. The Kier molecular flexibility index (Phi) is 10.7. The number of ether oxygens (including phenoxy) is 4. The lowest BCUT2D eigenvalue weighted by Gasteiger charge is -2.16. The van der Waals surface area contributed by atoms with E-state index >= 15 is 0 Å². The summed E-state index contributed by atoms with van der Waals surface area (Å²) in [6, 6.07) is 7.24. The maximum Gasteiger partial charge on any atom is 0.306 e. The van der Waals surface area contributed by atoms with Gasteiger partial charge in [-0.15, -0.1) is 11.8 Å². The molecule has 0 aliphatic carbocycles. The highest BCUT2D eigenvalue weighted by Crippen LogP contribution is 2.31. The van der Waals surface area contributed by atoms with Crippen molar-refractivity contribution in [3.05, 3.63) is 59.8 Å². The number of carbonyl (C=O) groups is 2. The molecule has 0 fully saturated rings. The van der Waals surface area contributed by atoms with Crippen LogP contribution in [0.4, 0.5) is 13.9 Å². The van der Waals surface area contributed by atoms with Crippen molar-refractivity contribution in [1.82, 2.24) is 4.98 Å². The predicted molar refractivity (Wildman–Crippen MR) is 137 cm³/mol. The Hall–Kier alpha value is -3.22. The molecule has 0 bridgehead atoms. The molecule has 0 saturated heterocycles. The first-order valence-corrected chi connectivity index (χ1v) is 13.1. The number of hydrogen-bond acceptors (Lipinski definition) is 9. The number of methoxy groups -OCH3 is 1. The Balaban J connectivity index is 1.74. The zero-order chi connectivity index (χ0) is 26.8. The van der Waals surface area contributed by atoms with Crippen molar-refractivity contribution < 1.29 is 37.3 Å². The number of esters is 1. The monoisotopic (exact) mass is 552 g/mol. The lowest BCUT2D eigenvalue weighted by Crippen LogP contribution is -2.18. The van der Waals surface area contributed by atoms with E-state index in [1.54, 1.807) is 20.0 Å². The molecule has 0 spiro atoms. The first kappa shape index (κ1) is 28.4. The third kappa shape index (κ3) is 9.30. The zero-order valence-corrected chi connectivity index (χ0v) is 22.0. The molecule has 0 saturated carbocycles. The molecule has 1 aromatic heterocycles. The molecule has 0 aliphatic rings. The Morgan fingerprint density at radius 2 is 1.78 bits per heavy atom. The van der Waals surface area contributed by atoms with Crippen LogP contribution < -0.4 is 14.8 Å². The highest BCUT2D eigenvalue weighted by molar-refractivity contribution is 8.01. The fraction of sp³-hybridized carbons (Fsp3) is 0.320. The zero-order valence-electron chi connectivity index (χ0n) is 20.4. The quantitative estimate of drug-likeness (QED) is 0.206. The summed E-state index contributed by atoms with van der Waals surface area (Å²) in [5.74, 6) is -1.45. The van der Waals surface area contributed by atoms with Gasteiger partial charge in [-0.25, -0.2) is 13.8 Å². The molecule has 1 atom stereocenters. The summed E-state index contributed by atoms with van der Waals surface area (Å²) in [6.07, 6.45) is 1.54. The van der Waals surface area contributed by atoms with Gasteiger partial charge >= 0.3 is 5.97 Å². The van der Waals surface area contributed by atoms with Crippen LogP contribution in [-0.2, 0) is 14.3 Å². The van der Waals surface area contributed by atoms with Crippen LogP contribution in [-0.4, -0.2) is 49.0 Å². The lowest BCUT2D eigenvalue weighted by atomic mass is 10.2. The van der Waals surface area contributed by atoms with Crippen LogP contribution in [0.1, 0.15) is 30.6 Å². The molecule has 1 N–H and O–H groups in total. The Morgan fingerprint density at radius 3 is 2.49 bits per heavy atom. The van der Waals surface area contributed by atoms with Gasteiger partial charge in [0, 0.05) is 42.7 Å². The topological polar surface area (TPSA) is 96.0 Å². The minimum atomic E-state index is -0.797. The minimum absolute atomic E-state index is 0.0737. The predicted octanol–water partition coefficient (Wildman–Crippen LogP) is 5.92. The van der Waals surface area contributed by atoms with Crippen LogP contribution in [0.2, 0.25) is 0 Å². The molecule has 1 heterocycles. The van der Waals surface area contributed by atoms with E-state index in [4.69, 9.17) is 18.9 Å². The summed E-state index contributed by atoms with van der Waals surface area (Å²) >= 11 is 2.69. The van der Waals surface area contributed by atoms with E-state index in [2.05, 4.69) is 10.3 Å². The van der Waals surface area contributed by atoms with Gasteiger partial charge in [0.25, 0.3) is 5.91 Å². The molecule has 37 heavy (non-hydrogen) atoms. The Bertz CT molecular complexity index is 1200. The van der Waals surface area contributed by atoms with Gasteiger partial charge in [0.1, 0.15) is 35.0 Å². The van der Waals surface area contributed by atoms with Crippen LogP contribution in [0.25, 0.3) is 0 Å². The molecule has 3 aromatic rings. The molecule has 198 valence electrons. The summed E-state index contributed by atoms with van der Waals surface area (Å²) in [5, 5.41) is 3.08. The number of carbonyl (C=O) groups excluding carboxylic acids is 2. The van der Waals surface area contributed by atoms with E-state index in [0.717, 1.165) is 22.4 Å². The van der Waals surface area contributed by atoms with Crippen molar-refractivity contribution in [2.45, 2.75) is 30.6 Å². The van der Waals surface area contributed by atoms with Crippen molar-refractivity contribution in [3.63, 3.8) is 0 Å². The van der Waals surface area contributed by atoms with Crippen LogP contribution in [0.15, 0.2) is 46.8 Å². The second-order valence-electron chi connectivity index (χ2n) is 7.63. The SMILES string of the molecule is CCOC(=O)CCSc1cnc(NC(=O)c2cc(Oc3cc(F)cc(F)c3)cc(O[C@@H](C)COC)c2)s1. The number of anilines is 1. The first-order chi connectivity index (χ1) is 17.7. The van der Waals surface area contributed by atoms with Gasteiger partial charge in [0.05, 0.1) is 30.0 Å². The summed E-state index contributed by atoms with van der Waals surface area (Å²) in [4.78, 5) is 28.7. The summed E-state index contributed by atoms with van der Waals surface area (Å²) in [6.45, 7) is 4.18. The molecule has 0 radical (unpaired) electrons. The van der Waals surface area contributed by atoms with Crippen LogP contribution in [0.3, 0.4) is 0 Å². The van der Waals surface area contributed by atoms with Gasteiger partial charge in [-0.05, 0) is 26.0 Å². The number of thiazole rings is 1. The third-order valence-electron chi connectivity index (χ3n) is 4.51. The van der Waals surface area contributed by atoms with Gasteiger partial charge in [-0.3, -0.25) is 14.9 Å². The molecule has 2 aromatic carbocycles. The number of benzene rings is 2. The summed E-state index contributed by atoms with van der Waals surface area (Å²) < 4.78 is 49.5. The largest absolute Gasteiger partial charge is 0.488 e. The lowest BCUT2D eigenvalue weighted by molar-refractivity contribution is -0.142. The van der Waals surface area contributed by atoms with Crippen molar-refractivity contribution in [3.8, 4) is 17.2 Å². The number of amides is 1. The smallest absolute Gasteiger partial charge is 0.306 e. The van der Waals surface area contributed by atoms with Gasteiger partial charge in [0.15, 0.2) is 5.13 Å². The van der Waals surface area contributed by atoms with E-state index in [9.17, 15) is 18.4 Å². The van der Waals surface area contributed by atoms with Gasteiger partial charge in [0.2, 0.25) is 0 Å². The van der Waals surface area contributed by atoms with E-state index in [1.807, 2.05) is 0 Å². The fourth-order valence-corrected chi connectivity index (χ4v) is 4.94. The number of rotatable bonds is 13. The number of halogens is 2. The van der Waals surface area contributed by atoms with Crippen molar-refractivity contribution >= 4 is 40.1 Å². The molecular formula is C25H26F2N2O6S2. The van der Waals surface area contributed by atoms with Gasteiger partial charge in [-0.2, -0.15) is 0 Å².